The van der Waals surface area contributed by atoms with Crippen LogP contribution in [-0.2, 0) is 11.2 Å². The molecule has 1 N–H and O–H groups in total. The average molecular weight is 390 g/mol. The van der Waals surface area contributed by atoms with Gasteiger partial charge in [-0.25, -0.2) is 0 Å². The Balaban J connectivity index is 1.76. The summed E-state index contributed by atoms with van der Waals surface area (Å²) in [7, 11) is 0. The first-order valence-electron chi connectivity index (χ1n) is 8.28. The third-order valence-corrected chi connectivity index (χ3v) is 4.49. The van der Waals surface area contributed by atoms with Gasteiger partial charge in [-0.1, -0.05) is 30.7 Å². The van der Waals surface area contributed by atoms with Crippen LogP contribution in [0.3, 0.4) is 0 Å². The van der Waals surface area contributed by atoms with E-state index in [2.05, 4.69) is 46.4 Å². The number of ether oxygens (including phenoxy) is 1. The van der Waals surface area contributed by atoms with E-state index >= 15 is 0 Å². The Bertz CT molecular complexity index is 713. The van der Waals surface area contributed by atoms with Crippen LogP contribution in [0.25, 0.3) is 0 Å². The van der Waals surface area contributed by atoms with Gasteiger partial charge in [0.1, 0.15) is 5.75 Å². The minimum atomic E-state index is 0.0194. The van der Waals surface area contributed by atoms with E-state index in [-0.39, 0.29) is 5.91 Å². The molecular weight excluding hydrogens is 366 g/mol. The van der Waals surface area contributed by atoms with Crippen molar-refractivity contribution in [3.05, 3.63) is 57.6 Å². The summed E-state index contributed by atoms with van der Waals surface area (Å²) in [4.78, 5) is 12.0. The lowest BCUT2D eigenvalue weighted by atomic mass is 10.1. The highest BCUT2D eigenvalue weighted by Gasteiger charge is 2.06. The number of aryl methyl sites for hydroxylation is 3. The number of rotatable bonds is 7. The molecule has 0 aliphatic carbocycles. The topological polar surface area (TPSA) is 38.3 Å². The highest BCUT2D eigenvalue weighted by molar-refractivity contribution is 9.10. The van der Waals surface area contributed by atoms with Crippen molar-refractivity contribution in [1.29, 1.82) is 0 Å². The Kier molecular flexibility index (Phi) is 6.85. The molecule has 0 saturated heterocycles. The smallest absolute Gasteiger partial charge is 0.224 e. The van der Waals surface area contributed by atoms with E-state index in [1.165, 1.54) is 11.1 Å². The molecule has 24 heavy (non-hydrogen) atoms. The third-order valence-electron chi connectivity index (χ3n) is 3.87. The first-order chi connectivity index (χ1) is 11.5. The van der Waals surface area contributed by atoms with Crippen molar-refractivity contribution in [2.45, 2.75) is 40.0 Å². The summed E-state index contributed by atoms with van der Waals surface area (Å²) in [6, 6.07) is 12.1. The van der Waals surface area contributed by atoms with Gasteiger partial charge in [0.2, 0.25) is 5.91 Å². The van der Waals surface area contributed by atoms with Gasteiger partial charge in [-0.05, 0) is 71.9 Å². The molecule has 0 heterocycles. The molecule has 2 aromatic rings. The first kappa shape index (κ1) is 18.5. The van der Waals surface area contributed by atoms with Gasteiger partial charge in [0.25, 0.3) is 0 Å². The summed E-state index contributed by atoms with van der Waals surface area (Å²) in [5.41, 5.74) is 4.42. The molecule has 128 valence electrons. The van der Waals surface area contributed by atoms with Crippen LogP contribution >= 0.6 is 15.9 Å². The number of amides is 1. The van der Waals surface area contributed by atoms with Crippen LogP contribution in [0.5, 0.6) is 5.75 Å². The average Bonchev–Trinajstić information content (AvgIpc) is 2.55. The van der Waals surface area contributed by atoms with Gasteiger partial charge in [0, 0.05) is 12.1 Å². The fraction of sp³-hybridized carbons (Fsp3) is 0.350. The van der Waals surface area contributed by atoms with E-state index in [1.54, 1.807) is 0 Å². The molecule has 3 nitrogen and oxygen atoms in total. The number of nitrogens with one attached hydrogen (secondary N) is 1. The van der Waals surface area contributed by atoms with Crippen molar-refractivity contribution >= 4 is 27.5 Å². The maximum absolute atomic E-state index is 12.0. The van der Waals surface area contributed by atoms with Crippen molar-refractivity contribution in [1.82, 2.24) is 0 Å². The fourth-order valence-electron chi connectivity index (χ4n) is 2.46. The minimum absolute atomic E-state index is 0.0194. The molecule has 0 bridgehead atoms. The van der Waals surface area contributed by atoms with Crippen molar-refractivity contribution < 1.29 is 9.53 Å². The largest absolute Gasteiger partial charge is 0.492 e. The van der Waals surface area contributed by atoms with Crippen molar-refractivity contribution in [2.24, 2.45) is 0 Å². The number of hydrogen-bond donors (Lipinski definition) is 1. The third kappa shape index (κ3) is 5.38. The van der Waals surface area contributed by atoms with Gasteiger partial charge < -0.3 is 10.1 Å². The predicted molar refractivity (Wildman–Crippen MR) is 103 cm³/mol. The Labute approximate surface area is 152 Å². The van der Waals surface area contributed by atoms with E-state index in [0.29, 0.717) is 19.4 Å². The SMILES string of the molecule is CCc1ccc(OCCCC(=O)Nc2ccc(C)cc2C)c(Br)c1. The second-order valence-electron chi connectivity index (χ2n) is 5.94. The number of hydrogen-bond acceptors (Lipinski definition) is 2. The molecule has 0 aromatic heterocycles. The highest BCUT2D eigenvalue weighted by Crippen LogP contribution is 2.26. The second-order valence-corrected chi connectivity index (χ2v) is 6.79. The van der Waals surface area contributed by atoms with Crippen LogP contribution in [0.15, 0.2) is 40.9 Å². The van der Waals surface area contributed by atoms with Crippen molar-refractivity contribution in [3.63, 3.8) is 0 Å². The Hall–Kier alpha value is -1.81. The molecule has 4 heteroatoms. The van der Waals surface area contributed by atoms with Gasteiger partial charge >= 0.3 is 0 Å². The van der Waals surface area contributed by atoms with Gasteiger partial charge in [-0.2, -0.15) is 0 Å². The molecule has 1 amide bonds. The van der Waals surface area contributed by atoms with E-state index in [9.17, 15) is 4.79 Å². The molecule has 0 atom stereocenters. The molecule has 0 fully saturated rings. The summed E-state index contributed by atoms with van der Waals surface area (Å²) >= 11 is 3.52. The molecule has 2 aromatic carbocycles. The number of carbonyl (C=O) groups excluding carboxylic acids is 1. The molecule has 0 radical (unpaired) electrons. The van der Waals surface area contributed by atoms with E-state index in [0.717, 1.165) is 27.9 Å². The number of anilines is 1. The quantitative estimate of drug-likeness (QED) is 0.641. The predicted octanol–water partition coefficient (Wildman–Crippen LogP) is 5.43. The van der Waals surface area contributed by atoms with E-state index in [1.807, 2.05) is 32.0 Å². The first-order valence-corrected chi connectivity index (χ1v) is 9.07. The lowest BCUT2D eigenvalue weighted by molar-refractivity contribution is -0.116. The van der Waals surface area contributed by atoms with Crippen molar-refractivity contribution in [2.75, 3.05) is 11.9 Å². The number of carbonyl (C=O) groups is 1. The molecule has 0 aliphatic rings. The fourth-order valence-corrected chi connectivity index (χ4v) is 3.00. The summed E-state index contributed by atoms with van der Waals surface area (Å²) in [6.07, 6.45) is 2.12. The van der Waals surface area contributed by atoms with E-state index < -0.39 is 0 Å². The number of benzene rings is 2. The summed E-state index contributed by atoms with van der Waals surface area (Å²) < 4.78 is 6.71. The van der Waals surface area contributed by atoms with Crippen LogP contribution in [0.2, 0.25) is 0 Å². The maximum Gasteiger partial charge on any atom is 0.224 e. The summed E-state index contributed by atoms with van der Waals surface area (Å²) in [5.74, 6) is 0.841. The van der Waals surface area contributed by atoms with Gasteiger partial charge in [0.15, 0.2) is 0 Å². The van der Waals surface area contributed by atoms with Crippen molar-refractivity contribution in [3.8, 4) is 5.75 Å². The van der Waals surface area contributed by atoms with Gasteiger partial charge in [-0.3, -0.25) is 4.79 Å². The van der Waals surface area contributed by atoms with Gasteiger partial charge in [-0.15, -0.1) is 0 Å². The standard InChI is InChI=1S/C20H24BrNO2/c1-4-16-8-10-19(17(21)13-16)24-11-5-6-20(23)22-18-9-7-14(2)12-15(18)3/h7-10,12-13H,4-6,11H2,1-3H3,(H,22,23). The summed E-state index contributed by atoms with van der Waals surface area (Å²) in [5, 5.41) is 2.96. The molecule has 2 rings (SSSR count). The summed E-state index contributed by atoms with van der Waals surface area (Å²) in [6.45, 7) is 6.69. The van der Waals surface area contributed by atoms with Crippen LogP contribution in [0, 0.1) is 13.8 Å². The molecule has 0 saturated carbocycles. The molecule has 0 unspecified atom stereocenters. The highest BCUT2D eigenvalue weighted by atomic mass is 79.9. The van der Waals surface area contributed by atoms with E-state index in [4.69, 9.17) is 4.74 Å². The second kappa shape index (κ2) is 8.88. The lowest BCUT2D eigenvalue weighted by Gasteiger charge is -2.11. The van der Waals surface area contributed by atoms with Crippen LogP contribution in [0.4, 0.5) is 5.69 Å². The molecule has 0 aliphatic heterocycles. The Morgan fingerprint density at radius 2 is 1.96 bits per heavy atom. The Morgan fingerprint density at radius 1 is 1.17 bits per heavy atom. The minimum Gasteiger partial charge on any atom is -0.492 e. The van der Waals surface area contributed by atoms with Crippen LogP contribution < -0.4 is 10.1 Å². The zero-order valence-electron chi connectivity index (χ0n) is 14.5. The monoisotopic (exact) mass is 389 g/mol. The zero-order chi connectivity index (χ0) is 17.5. The van der Waals surface area contributed by atoms with Crippen LogP contribution in [-0.4, -0.2) is 12.5 Å². The molecular formula is C20H24BrNO2. The lowest BCUT2D eigenvalue weighted by Crippen LogP contribution is -2.13. The normalized spacial score (nSPS) is 10.5. The van der Waals surface area contributed by atoms with Crippen LogP contribution in [0.1, 0.15) is 36.5 Å². The zero-order valence-corrected chi connectivity index (χ0v) is 16.1. The Morgan fingerprint density at radius 3 is 2.62 bits per heavy atom. The molecule has 0 spiro atoms. The van der Waals surface area contributed by atoms with Gasteiger partial charge in [0.05, 0.1) is 11.1 Å². The number of halogens is 1. The maximum atomic E-state index is 12.0.